The molecule has 0 bridgehead atoms. The quantitative estimate of drug-likeness (QED) is 0.173. The van der Waals surface area contributed by atoms with Gasteiger partial charge in [-0.3, -0.25) is 0 Å². The van der Waals surface area contributed by atoms with Gasteiger partial charge >= 0.3 is 0 Å². The van der Waals surface area contributed by atoms with Crippen molar-refractivity contribution in [1.29, 1.82) is 0 Å². The van der Waals surface area contributed by atoms with Gasteiger partial charge in [0, 0.05) is 69.3 Å². The van der Waals surface area contributed by atoms with Crippen molar-refractivity contribution in [3.8, 4) is 45.5 Å². The van der Waals surface area contributed by atoms with Gasteiger partial charge < -0.3 is 13.6 Å². The maximum Gasteiger partial charge on any atom is 0.170 e. The summed E-state index contributed by atoms with van der Waals surface area (Å²) in [6.45, 7) is 0. The monoisotopic (exact) mass is 885 g/mol. The number of para-hydroxylation sites is 4. The summed E-state index contributed by atoms with van der Waals surface area (Å²) in [5, 5.41) is 11.5. The molecule has 0 amide bonds. The first-order chi connectivity index (χ1) is 33.7. The van der Waals surface area contributed by atoms with Crippen LogP contribution in [0.3, 0.4) is 0 Å². The first kappa shape index (κ1) is 37.3. The van der Waals surface area contributed by atoms with Crippen LogP contribution in [0.4, 0.5) is 0 Å². The van der Waals surface area contributed by atoms with Crippen LogP contribution >= 0.6 is 11.3 Å². The van der Waals surface area contributed by atoms with E-state index in [4.69, 9.17) is 19.4 Å². The third-order valence-corrected chi connectivity index (χ3v) is 14.9. The van der Waals surface area contributed by atoms with Gasteiger partial charge in [-0.05, 0) is 95.7 Å². The van der Waals surface area contributed by atoms with E-state index in [2.05, 4.69) is 209 Å². The maximum atomic E-state index is 7.00. The van der Waals surface area contributed by atoms with Crippen LogP contribution in [0.1, 0.15) is 0 Å². The molecular weight excluding hydrogens is 851 g/mol. The maximum absolute atomic E-state index is 7.00. The number of benzene rings is 10. The molecule has 7 heteroatoms. The average Bonchev–Trinajstić information content (AvgIpc) is 4.15. The van der Waals surface area contributed by atoms with Crippen LogP contribution in [0.25, 0.3) is 142 Å². The Morgan fingerprint density at radius 3 is 1.75 bits per heavy atom. The van der Waals surface area contributed by atoms with Gasteiger partial charge in [-0.2, -0.15) is 0 Å². The molecule has 0 unspecified atom stereocenters. The number of furan rings is 1. The highest BCUT2D eigenvalue weighted by molar-refractivity contribution is 7.25. The van der Waals surface area contributed by atoms with Crippen molar-refractivity contribution in [2.75, 3.05) is 0 Å². The highest BCUT2D eigenvalue weighted by Crippen LogP contribution is 2.44. The lowest BCUT2D eigenvalue weighted by molar-refractivity contribution is 0.669. The molecule has 5 aromatic heterocycles. The van der Waals surface area contributed by atoms with Crippen molar-refractivity contribution in [1.82, 2.24) is 24.1 Å². The fourth-order valence-corrected chi connectivity index (χ4v) is 11.8. The Morgan fingerprint density at radius 2 is 0.926 bits per heavy atom. The fraction of sp³-hybridized carbons (Fsp3) is 0. The average molecular weight is 886 g/mol. The van der Waals surface area contributed by atoms with Crippen molar-refractivity contribution in [3.05, 3.63) is 212 Å². The van der Waals surface area contributed by atoms with E-state index >= 15 is 0 Å². The lowest BCUT2D eigenvalue weighted by Crippen LogP contribution is -2.04. The Balaban J connectivity index is 1.06. The summed E-state index contributed by atoms with van der Waals surface area (Å²) in [6.07, 6.45) is 0. The van der Waals surface area contributed by atoms with E-state index in [9.17, 15) is 0 Å². The Hall–Kier alpha value is -8.91. The predicted molar refractivity (Wildman–Crippen MR) is 282 cm³/mol. The van der Waals surface area contributed by atoms with E-state index in [0.29, 0.717) is 17.5 Å². The van der Waals surface area contributed by atoms with Crippen LogP contribution in [-0.2, 0) is 0 Å². The molecular formula is C61H35N5OS. The van der Waals surface area contributed by atoms with Crippen LogP contribution in [0.5, 0.6) is 0 Å². The van der Waals surface area contributed by atoms with Crippen LogP contribution < -0.4 is 0 Å². The second-order valence-electron chi connectivity index (χ2n) is 17.5. The summed E-state index contributed by atoms with van der Waals surface area (Å²) in [5.41, 5.74) is 10.5. The number of hydrogen-bond acceptors (Lipinski definition) is 5. The van der Waals surface area contributed by atoms with Crippen molar-refractivity contribution in [2.45, 2.75) is 0 Å². The summed E-state index contributed by atoms with van der Waals surface area (Å²) < 4.78 is 14.2. The third kappa shape index (κ3) is 5.48. The molecule has 0 fully saturated rings. The van der Waals surface area contributed by atoms with Gasteiger partial charge in [-0.25, -0.2) is 15.0 Å². The van der Waals surface area contributed by atoms with Gasteiger partial charge in [0.25, 0.3) is 0 Å². The lowest BCUT2D eigenvalue weighted by atomic mass is 10.0. The second kappa shape index (κ2) is 14.3. The molecule has 0 radical (unpaired) electrons. The first-order valence-corrected chi connectivity index (χ1v) is 23.7. The van der Waals surface area contributed by atoms with Crippen LogP contribution in [0.2, 0.25) is 0 Å². The number of fused-ring (bicyclic) bond motifs is 13. The van der Waals surface area contributed by atoms with Gasteiger partial charge in [0.1, 0.15) is 11.2 Å². The van der Waals surface area contributed by atoms with Gasteiger partial charge in [0.2, 0.25) is 0 Å². The van der Waals surface area contributed by atoms with Crippen molar-refractivity contribution in [3.63, 3.8) is 0 Å². The molecule has 68 heavy (non-hydrogen) atoms. The zero-order valence-electron chi connectivity index (χ0n) is 36.3. The standard InChI is InChI=1S/C61H35N5OS/c1-2-16-40(17-3-1)65-49-22-10-6-18-41(49)43-28-26-39(35-52(43)65)60-62-59(38-27-31-56-48(33-38)45-21-9-13-25-55(45)68-56)63-61(64-60)57-51(30-29-46-44-20-8-12-24-54(44)67-58(46)57)66-50-23-11-7-19-42(50)47-32-36-14-4-5-15-37(36)34-53(47)66/h1-35H. The molecule has 0 atom stereocenters. The van der Waals surface area contributed by atoms with Crippen molar-refractivity contribution in [2.24, 2.45) is 0 Å². The van der Waals surface area contributed by atoms with E-state index in [1.54, 1.807) is 11.3 Å². The van der Waals surface area contributed by atoms with Gasteiger partial charge in [-0.15, -0.1) is 11.3 Å². The number of rotatable bonds is 5. The molecule has 10 aromatic carbocycles. The van der Waals surface area contributed by atoms with Crippen molar-refractivity contribution >= 4 is 108 Å². The molecule has 0 N–H and O–H groups in total. The fourth-order valence-electron chi connectivity index (χ4n) is 10.7. The minimum Gasteiger partial charge on any atom is -0.455 e. The predicted octanol–water partition coefficient (Wildman–Crippen LogP) is 16.5. The number of nitrogens with zero attached hydrogens (tertiary/aromatic N) is 5. The SMILES string of the molecule is c1ccc(-n2c3ccccc3c3ccc(-c4nc(-c5ccc6sc7ccccc7c6c5)nc(-c5c(-n6c7ccccc7c7cc8ccccc8cc76)ccc6c5oc5ccccc56)n4)cc32)cc1. The number of thiophene rings is 1. The smallest absolute Gasteiger partial charge is 0.170 e. The van der Waals surface area contributed by atoms with Crippen LogP contribution in [0, 0.1) is 0 Å². The Kier molecular flexibility index (Phi) is 7.85. The molecule has 0 aliphatic carbocycles. The molecule has 0 aliphatic rings. The topological polar surface area (TPSA) is 61.7 Å². The minimum absolute atomic E-state index is 0.523. The largest absolute Gasteiger partial charge is 0.455 e. The molecule has 15 rings (SSSR count). The third-order valence-electron chi connectivity index (χ3n) is 13.7. The van der Waals surface area contributed by atoms with E-state index in [-0.39, 0.29) is 0 Å². The molecule has 15 aromatic rings. The highest BCUT2D eigenvalue weighted by Gasteiger charge is 2.25. The molecule has 316 valence electrons. The van der Waals surface area contributed by atoms with Crippen LogP contribution in [0.15, 0.2) is 217 Å². The van der Waals surface area contributed by atoms with Crippen LogP contribution in [-0.4, -0.2) is 24.1 Å². The Labute approximate surface area is 392 Å². The second-order valence-corrected chi connectivity index (χ2v) is 18.6. The number of aromatic nitrogens is 5. The van der Waals surface area contributed by atoms with Gasteiger partial charge in [0.05, 0.1) is 33.3 Å². The Bertz CT molecular complexity index is 4580. The summed E-state index contributed by atoms with van der Waals surface area (Å²) in [7, 11) is 0. The summed E-state index contributed by atoms with van der Waals surface area (Å²) >= 11 is 1.80. The van der Waals surface area contributed by atoms with E-state index in [0.717, 1.165) is 77.5 Å². The summed E-state index contributed by atoms with van der Waals surface area (Å²) in [4.78, 5) is 16.5. The molecule has 6 nitrogen and oxygen atoms in total. The molecule has 5 heterocycles. The summed E-state index contributed by atoms with van der Waals surface area (Å²) in [6, 6.07) is 75.5. The zero-order valence-corrected chi connectivity index (χ0v) is 37.1. The van der Waals surface area contributed by atoms with E-state index in [1.165, 1.54) is 47.1 Å². The molecule has 0 saturated carbocycles. The molecule has 0 saturated heterocycles. The lowest BCUT2D eigenvalue weighted by Gasteiger charge is -2.15. The van der Waals surface area contributed by atoms with E-state index < -0.39 is 0 Å². The van der Waals surface area contributed by atoms with Gasteiger partial charge in [0.15, 0.2) is 17.5 Å². The Morgan fingerprint density at radius 1 is 0.353 bits per heavy atom. The van der Waals surface area contributed by atoms with Gasteiger partial charge in [-0.1, -0.05) is 127 Å². The minimum atomic E-state index is 0.523. The molecule has 0 spiro atoms. The first-order valence-electron chi connectivity index (χ1n) is 22.8. The molecule has 0 aliphatic heterocycles. The highest BCUT2D eigenvalue weighted by atomic mass is 32.1. The zero-order chi connectivity index (χ0) is 44.5. The van der Waals surface area contributed by atoms with E-state index in [1.807, 2.05) is 12.1 Å². The summed E-state index contributed by atoms with van der Waals surface area (Å²) in [5.74, 6) is 1.67. The normalized spacial score (nSPS) is 12.1. The van der Waals surface area contributed by atoms with Crippen molar-refractivity contribution < 1.29 is 4.42 Å². The number of hydrogen-bond donors (Lipinski definition) is 0.